The Morgan fingerprint density at radius 1 is 0.512 bits per heavy atom. The van der Waals surface area contributed by atoms with Crippen LogP contribution in [0.15, 0.2) is 121 Å². The third-order valence-electron chi connectivity index (χ3n) is 8.22. The molecule has 0 fully saturated rings. The van der Waals surface area contributed by atoms with Gasteiger partial charge in [-0.05, 0) is 79.7 Å². The number of aromatic nitrogens is 1. The van der Waals surface area contributed by atoms with Gasteiger partial charge in [-0.3, -0.25) is 0 Å². The SMILES string of the molecule is Cc1ccc2c(c1)c1c(Nc3ccc4sc5ccccc5c4c3)cccc1n2-c1ccc2sc3ccccc3c2c1. The summed E-state index contributed by atoms with van der Waals surface area (Å²) >= 11 is 3.72. The molecule has 0 aliphatic carbocycles. The van der Waals surface area contributed by atoms with Crippen molar-refractivity contribution >= 4 is 96.2 Å². The molecule has 0 unspecified atom stereocenters. The Labute approximate surface area is 244 Å². The van der Waals surface area contributed by atoms with Crippen LogP contribution in [0.3, 0.4) is 0 Å². The Hall–Kier alpha value is -4.64. The van der Waals surface area contributed by atoms with Gasteiger partial charge in [0.2, 0.25) is 0 Å². The highest BCUT2D eigenvalue weighted by Crippen LogP contribution is 2.41. The van der Waals surface area contributed by atoms with Crippen LogP contribution in [0, 0.1) is 6.92 Å². The summed E-state index contributed by atoms with van der Waals surface area (Å²) in [5.74, 6) is 0. The molecular formula is C37H24N2S2. The topological polar surface area (TPSA) is 17.0 Å². The fraction of sp³-hybridized carbons (Fsp3) is 0.0270. The molecule has 0 aliphatic rings. The van der Waals surface area contributed by atoms with E-state index in [2.05, 4.69) is 138 Å². The maximum absolute atomic E-state index is 3.81. The van der Waals surface area contributed by atoms with Crippen molar-refractivity contribution in [2.75, 3.05) is 5.32 Å². The van der Waals surface area contributed by atoms with Gasteiger partial charge in [0.25, 0.3) is 0 Å². The van der Waals surface area contributed by atoms with E-state index in [1.54, 1.807) is 0 Å². The summed E-state index contributed by atoms with van der Waals surface area (Å²) in [6.45, 7) is 2.18. The lowest BCUT2D eigenvalue weighted by Crippen LogP contribution is -1.94. The summed E-state index contributed by atoms with van der Waals surface area (Å²) in [7, 11) is 0. The zero-order valence-corrected chi connectivity index (χ0v) is 23.9. The lowest BCUT2D eigenvalue weighted by molar-refractivity contribution is 1.19. The largest absolute Gasteiger partial charge is 0.355 e. The quantitative estimate of drug-likeness (QED) is 0.227. The van der Waals surface area contributed by atoms with Crippen molar-refractivity contribution in [3.8, 4) is 5.69 Å². The highest BCUT2D eigenvalue weighted by molar-refractivity contribution is 7.26. The van der Waals surface area contributed by atoms with E-state index in [1.807, 2.05) is 22.7 Å². The Morgan fingerprint density at radius 2 is 1.20 bits per heavy atom. The van der Waals surface area contributed by atoms with Crippen molar-refractivity contribution in [3.05, 3.63) is 127 Å². The van der Waals surface area contributed by atoms with Crippen LogP contribution in [0.25, 0.3) is 67.8 Å². The lowest BCUT2D eigenvalue weighted by Gasteiger charge is -2.11. The predicted molar refractivity (Wildman–Crippen MR) is 181 cm³/mol. The van der Waals surface area contributed by atoms with Crippen molar-refractivity contribution < 1.29 is 0 Å². The maximum atomic E-state index is 3.81. The van der Waals surface area contributed by atoms with Crippen LogP contribution in [0.5, 0.6) is 0 Å². The number of thiophene rings is 2. The van der Waals surface area contributed by atoms with Crippen LogP contribution < -0.4 is 5.32 Å². The normalized spacial score (nSPS) is 12.0. The van der Waals surface area contributed by atoms with Crippen LogP contribution in [-0.4, -0.2) is 4.57 Å². The van der Waals surface area contributed by atoms with Crippen molar-refractivity contribution in [2.45, 2.75) is 6.92 Å². The highest BCUT2D eigenvalue weighted by atomic mass is 32.1. The van der Waals surface area contributed by atoms with E-state index in [9.17, 15) is 0 Å². The summed E-state index contributed by atoms with van der Waals surface area (Å²) in [5, 5.41) is 11.6. The van der Waals surface area contributed by atoms with Gasteiger partial charge in [-0.15, -0.1) is 22.7 Å². The van der Waals surface area contributed by atoms with Gasteiger partial charge in [0.05, 0.1) is 11.0 Å². The summed E-state index contributed by atoms with van der Waals surface area (Å²) in [6, 6.07) is 44.5. The first-order valence-electron chi connectivity index (χ1n) is 13.9. The minimum Gasteiger partial charge on any atom is -0.355 e. The van der Waals surface area contributed by atoms with Gasteiger partial charge in [0.15, 0.2) is 0 Å². The van der Waals surface area contributed by atoms with Crippen LogP contribution in [0.4, 0.5) is 11.4 Å². The number of aryl methyl sites for hydroxylation is 1. The highest BCUT2D eigenvalue weighted by Gasteiger charge is 2.17. The van der Waals surface area contributed by atoms with Gasteiger partial charge in [-0.2, -0.15) is 0 Å². The second-order valence-corrected chi connectivity index (χ2v) is 12.9. The molecule has 9 rings (SSSR count). The van der Waals surface area contributed by atoms with Crippen molar-refractivity contribution in [2.24, 2.45) is 0 Å². The van der Waals surface area contributed by atoms with Gasteiger partial charge in [0, 0.05) is 68.2 Å². The van der Waals surface area contributed by atoms with E-state index in [0.717, 1.165) is 11.4 Å². The molecule has 0 amide bonds. The van der Waals surface area contributed by atoms with Gasteiger partial charge in [0.1, 0.15) is 0 Å². The molecule has 1 N–H and O–H groups in total. The predicted octanol–water partition coefficient (Wildman–Crippen LogP) is 11.6. The minimum atomic E-state index is 1.10. The summed E-state index contributed by atoms with van der Waals surface area (Å²) in [4.78, 5) is 0. The number of anilines is 2. The Bertz CT molecular complexity index is 2470. The summed E-state index contributed by atoms with van der Waals surface area (Å²) < 4.78 is 7.73. The number of fused-ring (bicyclic) bond motifs is 9. The molecule has 3 aromatic heterocycles. The molecule has 3 heterocycles. The van der Waals surface area contributed by atoms with Gasteiger partial charge in [-0.1, -0.05) is 54.1 Å². The molecule has 9 aromatic rings. The molecule has 0 radical (unpaired) electrons. The number of benzene rings is 6. The van der Waals surface area contributed by atoms with Gasteiger partial charge in [-0.25, -0.2) is 0 Å². The number of nitrogens with zero attached hydrogens (tertiary/aromatic N) is 1. The van der Waals surface area contributed by atoms with Crippen LogP contribution in [0.2, 0.25) is 0 Å². The molecule has 0 aliphatic heterocycles. The first-order valence-corrected chi connectivity index (χ1v) is 15.5. The number of nitrogens with one attached hydrogen (secondary N) is 1. The van der Waals surface area contributed by atoms with E-state index in [1.165, 1.54) is 73.4 Å². The number of hydrogen-bond donors (Lipinski definition) is 1. The number of hydrogen-bond acceptors (Lipinski definition) is 3. The Kier molecular flexibility index (Phi) is 4.89. The van der Waals surface area contributed by atoms with E-state index in [-0.39, 0.29) is 0 Å². The first kappa shape index (κ1) is 23.1. The molecule has 0 saturated heterocycles. The molecule has 2 nitrogen and oxygen atoms in total. The Morgan fingerprint density at radius 3 is 1.98 bits per heavy atom. The van der Waals surface area contributed by atoms with Crippen LogP contribution in [-0.2, 0) is 0 Å². The zero-order chi connectivity index (χ0) is 27.1. The molecule has 0 saturated carbocycles. The van der Waals surface area contributed by atoms with E-state index < -0.39 is 0 Å². The monoisotopic (exact) mass is 560 g/mol. The molecule has 41 heavy (non-hydrogen) atoms. The van der Waals surface area contributed by atoms with E-state index in [0.29, 0.717) is 0 Å². The fourth-order valence-electron chi connectivity index (χ4n) is 6.38. The first-order chi connectivity index (χ1) is 20.2. The molecule has 0 spiro atoms. The zero-order valence-electron chi connectivity index (χ0n) is 22.3. The summed E-state index contributed by atoms with van der Waals surface area (Å²) in [5.41, 5.74) is 7.10. The molecular weight excluding hydrogens is 537 g/mol. The number of rotatable bonds is 3. The molecule has 0 bridgehead atoms. The average molecular weight is 561 g/mol. The van der Waals surface area contributed by atoms with E-state index >= 15 is 0 Å². The van der Waals surface area contributed by atoms with Gasteiger partial charge < -0.3 is 9.88 Å². The van der Waals surface area contributed by atoms with Crippen LogP contribution >= 0.6 is 22.7 Å². The van der Waals surface area contributed by atoms with Gasteiger partial charge >= 0.3 is 0 Å². The molecule has 0 atom stereocenters. The average Bonchev–Trinajstić information content (AvgIpc) is 3.66. The third kappa shape index (κ3) is 3.48. The van der Waals surface area contributed by atoms with Crippen molar-refractivity contribution in [3.63, 3.8) is 0 Å². The maximum Gasteiger partial charge on any atom is 0.0562 e. The second-order valence-electron chi connectivity index (χ2n) is 10.8. The second kappa shape index (κ2) is 8.68. The van der Waals surface area contributed by atoms with Crippen molar-refractivity contribution in [1.29, 1.82) is 0 Å². The smallest absolute Gasteiger partial charge is 0.0562 e. The lowest BCUT2D eigenvalue weighted by atomic mass is 10.1. The standard InChI is InChI=1S/C37H24N2S2/c1-22-13-16-31-29(19-22)37-30(38-23-14-17-35-27(20-23)25-7-2-4-11-33(25)40-35)9-6-10-32(37)39(31)24-15-18-36-28(21-24)26-8-3-5-12-34(26)41-36/h2-21,38H,1H3. The van der Waals surface area contributed by atoms with E-state index in [4.69, 9.17) is 0 Å². The molecule has 4 heteroatoms. The minimum absolute atomic E-state index is 1.10. The fourth-order valence-corrected chi connectivity index (χ4v) is 8.55. The van der Waals surface area contributed by atoms with Crippen LogP contribution in [0.1, 0.15) is 5.56 Å². The molecule has 194 valence electrons. The Balaban J connectivity index is 1.27. The third-order valence-corrected chi connectivity index (χ3v) is 10.5. The molecule has 6 aromatic carbocycles. The van der Waals surface area contributed by atoms with Crippen molar-refractivity contribution in [1.82, 2.24) is 4.57 Å². The summed E-state index contributed by atoms with van der Waals surface area (Å²) in [6.07, 6.45) is 0.